The molecule has 1 fully saturated rings. The molecule has 27 heavy (non-hydrogen) atoms. The van der Waals surface area contributed by atoms with Gasteiger partial charge in [0.05, 0.1) is 25.5 Å². The van der Waals surface area contributed by atoms with Gasteiger partial charge in [-0.3, -0.25) is 9.78 Å². The molecule has 1 N–H and O–H groups in total. The second-order valence-corrected chi connectivity index (χ2v) is 7.87. The highest BCUT2D eigenvalue weighted by Gasteiger charge is 2.24. The molecule has 1 saturated heterocycles. The average Bonchev–Trinajstić information content (AvgIpc) is 2.98. The van der Waals surface area contributed by atoms with Gasteiger partial charge >= 0.3 is 0 Å². The first-order chi connectivity index (χ1) is 13.0. The summed E-state index contributed by atoms with van der Waals surface area (Å²) in [5.41, 5.74) is 1.94. The fourth-order valence-corrected chi connectivity index (χ4v) is 4.06. The third-order valence-corrected chi connectivity index (χ3v) is 5.66. The van der Waals surface area contributed by atoms with Crippen molar-refractivity contribution in [3.05, 3.63) is 74.2 Å². The molecule has 0 spiro atoms. The average molecular weight is 435 g/mol. The molecule has 0 bridgehead atoms. The maximum atomic E-state index is 12.3. The standard InChI is InChI=1S/C19H10Cl3N3OS/c20-12-4-1-5-13(21)17(12)24-19-25-18(26)16(27-19)8-11-7-10-3-2-6-23-15(10)9-14(11)22/h1-9H,(H,24,25,26)/b16-8+. The summed E-state index contributed by atoms with van der Waals surface area (Å²) in [6.07, 6.45) is 3.44. The summed E-state index contributed by atoms with van der Waals surface area (Å²) in [7, 11) is 0. The Bertz CT molecular complexity index is 1120. The van der Waals surface area contributed by atoms with Gasteiger partial charge in [-0.15, -0.1) is 0 Å². The minimum absolute atomic E-state index is 0.260. The summed E-state index contributed by atoms with van der Waals surface area (Å²) < 4.78 is 0. The first kappa shape index (κ1) is 18.3. The number of nitrogens with zero attached hydrogens (tertiary/aromatic N) is 2. The lowest BCUT2D eigenvalue weighted by atomic mass is 10.1. The van der Waals surface area contributed by atoms with Gasteiger partial charge in [0, 0.05) is 11.6 Å². The number of carbonyl (C=O) groups excluding carboxylic acids is 1. The first-order valence-electron chi connectivity index (χ1n) is 7.79. The van der Waals surface area contributed by atoms with Crippen LogP contribution in [0.25, 0.3) is 17.0 Å². The number of pyridine rings is 1. The quantitative estimate of drug-likeness (QED) is 0.497. The molecule has 1 aliphatic rings. The molecule has 1 amide bonds. The zero-order chi connectivity index (χ0) is 19.0. The number of fused-ring (bicyclic) bond motifs is 1. The molecule has 0 aliphatic carbocycles. The lowest BCUT2D eigenvalue weighted by Crippen LogP contribution is -2.19. The Morgan fingerprint density at radius 1 is 1.04 bits per heavy atom. The molecule has 4 nitrogen and oxygen atoms in total. The number of hydrogen-bond donors (Lipinski definition) is 1. The van der Waals surface area contributed by atoms with Crippen molar-refractivity contribution in [3.63, 3.8) is 0 Å². The number of halogens is 3. The Labute approximate surface area is 174 Å². The van der Waals surface area contributed by atoms with Crippen molar-refractivity contribution < 1.29 is 4.79 Å². The van der Waals surface area contributed by atoms with Gasteiger partial charge in [0.1, 0.15) is 5.69 Å². The van der Waals surface area contributed by atoms with Crippen molar-refractivity contribution in [1.82, 2.24) is 10.3 Å². The smallest absolute Gasteiger partial charge is 0.264 e. The van der Waals surface area contributed by atoms with Crippen LogP contribution in [0.3, 0.4) is 0 Å². The Morgan fingerprint density at radius 3 is 2.59 bits per heavy atom. The maximum absolute atomic E-state index is 12.3. The lowest BCUT2D eigenvalue weighted by Gasteiger charge is -2.03. The third kappa shape index (κ3) is 3.82. The molecule has 0 radical (unpaired) electrons. The van der Waals surface area contributed by atoms with Gasteiger partial charge in [0.15, 0.2) is 5.17 Å². The summed E-state index contributed by atoms with van der Waals surface area (Å²) in [5, 5.41) is 5.39. The molecule has 1 aliphatic heterocycles. The summed E-state index contributed by atoms with van der Waals surface area (Å²) in [5.74, 6) is -0.260. The summed E-state index contributed by atoms with van der Waals surface area (Å²) in [6.45, 7) is 0. The molecule has 3 aromatic rings. The highest BCUT2D eigenvalue weighted by molar-refractivity contribution is 8.18. The van der Waals surface area contributed by atoms with Crippen molar-refractivity contribution >= 4 is 80.3 Å². The zero-order valence-electron chi connectivity index (χ0n) is 13.5. The van der Waals surface area contributed by atoms with Gasteiger partial charge < -0.3 is 5.32 Å². The van der Waals surface area contributed by atoms with Gasteiger partial charge in [-0.05, 0) is 53.7 Å². The minimum atomic E-state index is -0.260. The highest BCUT2D eigenvalue weighted by Crippen LogP contribution is 2.36. The van der Waals surface area contributed by atoms with E-state index < -0.39 is 0 Å². The first-order valence-corrected chi connectivity index (χ1v) is 9.74. The number of aromatic nitrogens is 1. The van der Waals surface area contributed by atoms with E-state index in [1.54, 1.807) is 36.5 Å². The molecular formula is C19H10Cl3N3OS. The van der Waals surface area contributed by atoms with E-state index >= 15 is 0 Å². The fourth-order valence-electron chi connectivity index (χ4n) is 2.54. The molecule has 0 unspecified atom stereocenters. The second-order valence-electron chi connectivity index (χ2n) is 5.62. The van der Waals surface area contributed by atoms with Crippen molar-refractivity contribution in [1.29, 1.82) is 0 Å². The van der Waals surface area contributed by atoms with E-state index in [0.29, 0.717) is 30.8 Å². The summed E-state index contributed by atoms with van der Waals surface area (Å²) >= 11 is 19.8. The number of amides is 1. The van der Waals surface area contributed by atoms with Crippen LogP contribution < -0.4 is 5.32 Å². The number of para-hydroxylation sites is 1. The minimum Gasteiger partial charge on any atom is -0.300 e. The lowest BCUT2D eigenvalue weighted by molar-refractivity contribution is -0.115. The maximum Gasteiger partial charge on any atom is 0.264 e. The topological polar surface area (TPSA) is 54.4 Å². The van der Waals surface area contributed by atoms with Crippen molar-refractivity contribution in [2.24, 2.45) is 4.99 Å². The van der Waals surface area contributed by atoms with Crippen LogP contribution in [0.5, 0.6) is 0 Å². The van der Waals surface area contributed by atoms with Crippen molar-refractivity contribution in [2.75, 3.05) is 0 Å². The molecule has 2 aromatic carbocycles. The third-order valence-electron chi connectivity index (χ3n) is 3.81. The SMILES string of the molecule is O=C1NC(=Nc2c(Cl)cccc2Cl)S/C1=C/c1cc2cccnc2cc1Cl. The van der Waals surface area contributed by atoms with E-state index in [1.807, 2.05) is 18.2 Å². The molecule has 134 valence electrons. The van der Waals surface area contributed by atoms with Gasteiger partial charge in [-0.1, -0.05) is 46.9 Å². The fraction of sp³-hybridized carbons (Fsp3) is 0. The summed E-state index contributed by atoms with van der Waals surface area (Å²) in [4.78, 5) is 21.4. The van der Waals surface area contributed by atoms with Crippen LogP contribution in [-0.2, 0) is 4.79 Å². The van der Waals surface area contributed by atoms with Crippen molar-refractivity contribution in [3.8, 4) is 0 Å². The monoisotopic (exact) mass is 433 g/mol. The Morgan fingerprint density at radius 2 is 1.81 bits per heavy atom. The summed E-state index contributed by atoms with van der Waals surface area (Å²) in [6, 6.07) is 12.6. The predicted molar refractivity (Wildman–Crippen MR) is 114 cm³/mol. The van der Waals surface area contributed by atoms with E-state index in [4.69, 9.17) is 34.8 Å². The molecule has 0 saturated carbocycles. The number of thioether (sulfide) groups is 1. The normalized spacial score (nSPS) is 17.1. The van der Waals surface area contributed by atoms with Crippen LogP contribution in [0.1, 0.15) is 5.56 Å². The Hall–Kier alpha value is -2.05. The number of nitrogens with one attached hydrogen (secondary N) is 1. The van der Waals surface area contributed by atoms with Gasteiger partial charge in [0.25, 0.3) is 5.91 Å². The van der Waals surface area contributed by atoms with Crippen LogP contribution in [0.2, 0.25) is 15.1 Å². The molecule has 8 heteroatoms. The Balaban J connectivity index is 1.69. The van der Waals surface area contributed by atoms with E-state index in [0.717, 1.165) is 16.5 Å². The van der Waals surface area contributed by atoms with E-state index in [9.17, 15) is 4.79 Å². The highest BCUT2D eigenvalue weighted by atomic mass is 35.5. The van der Waals surface area contributed by atoms with Gasteiger partial charge in [0.2, 0.25) is 0 Å². The van der Waals surface area contributed by atoms with Crippen LogP contribution in [0.15, 0.2) is 58.6 Å². The molecule has 2 heterocycles. The molecular weight excluding hydrogens is 425 g/mol. The number of rotatable bonds is 2. The van der Waals surface area contributed by atoms with Crippen molar-refractivity contribution in [2.45, 2.75) is 0 Å². The zero-order valence-corrected chi connectivity index (χ0v) is 16.6. The number of benzene rings is 2. The van der Waals surface area contributed by atoms with Crippen LogP contribution in [0.4, 0.5) is 5.69 Å². The van der Waals surface area contributed by atoms with E-state index in [2.05, 4.69) is 15.3 Å². The molecule has 1 aromatic heterocycles. The number of hydrogen-bond acceptors (Lipinski definition) is 4. The number of amidine groups is 1. The Kier molecular flexibility index (Phi) is 5.10. The largest absolute Gasteiger partial charge is 0.300 e. The molecule has 0 atom stereocenters. The predicted octanol–water partition coefficient (Wildman–Crippen LogP) is 6.09. The van der Waals surface area contributed by atoms with Gasteiger partial charge in [-0.2, -0.15) is 0 Å². The number of aliphatic imine (C=N–C) groups is 1. The van der Waals surface area contributed by atoms with Crippen LogP contribution in [0, 0.1) is 0 Å². The van der Waals surface area contributed by atoms with E-state index in [1.165, 1.54) is 11.8 Å². The van der Waals surface area contributed by atoms with Crippen LogP contribution in [-0.4, -0.2) is 16.1 Å². The second kappa shape index (κ2) is 7.52. The van der Waals surface area contributed by atoms with E-state index in [-0.39, 0.29) is 5.91 Å². The number of carbonyl (C=O) groups is 1. The van der Waals surface area contributed by atoms with Gasteiger partial charge in [-0.25, -0.2) is 4.99 Å². The van der Waals surface area contributed by atoms with Crippen LogP contribution >= 0.6 is 46.6 Å². The molecule has 4 rings (SSSR count).